The minimum atomic E-state index is -1.53. The zero-order valence-corrected chi connectivity index (χ0v) is 9.24. The lowest BCUT2D eigenvalue weighted by atomic mass is 9.86. The van der Waals surface area contributed by atoms with Gasteiger partial charge >= 0.3 is 5.97 Å². The molecule has 1 atom stereocenters. The first kappa shape index (κ1) is 11.7. The lowest BCUT2D eigenvalue weighted by Crippen LogP contribution is -2.40. The summed E-state index contributed by atoms with van der Waals surface area (Å²) in [6.45, 7) is 6.67. The van der Waals surface area contributed by atoms with Crippen LogP contribution in [0.5, 0.6) is 0 Å². The highest BCUT2D eigenvalue weighted by Crippen LogP contribution is 2.28. The van der Waals surface area contributed by atoms with Crippen molar-refractivity contribution in [2.45, 2.75) is 39.2 Å². The van der Waals surface area contributed by atoms with Gasteiger partial charge in [0.25, 0.3) is 0 Å². The molecule has 5 nitrogen and oxygen atoms in total. The summed E-state index contributed by atoms with van der Waals surface area (Å²) >= 11 is 0. The molecule has 0 bridgehead atoms. The van der Waals surface area contributed by atoms with Crippen LogP contribution in [0, 0.1) is 13.8 Å². The normalized spacial score (nSPS) is 13.9. The van der Waals surface area contributed by atoms with Gasteiger partial charge in [0.1, 0.15) is 5.76 Å². The molecule has 0 radical (unpaired) electrons. The van der Waals surface area contributed by atoms with E-state index < -0.39 is 17.5 Å². The summed E-state index contributed by atoms with van der Waals surface area (Å²) < 4.78 is 5.32. The summed E-state index contributed by atoms with van der Waals surface area (Å²) in [5, 5.41) is 18.2. The average molecular weight is 213 g/mol. The molecule has 1 aromatic heterocycles. The summed E-state index contributed by atoms with van der Waals surface area (Å²) in [6, 6.07) is 0. The maximum atomic E-state index is 10.7. The minimum absolute atomic E-state index is 0.243. The monoisotopic (exact) mass is 213 g/mol. The average Bonchev–Trinajstić information content (AvgIpc) is 2.46. The predicted octanol–water partition coefficient (Wildman–Crippen LogP) is 1.01. The lowest BCUT2D eigenvalue weighted by Gasteiger charge is -2.23. The third kappa shape index (κ3) is 2.02. The Balaban J connectivity index is 3.10. The van der Waals surface area contributed by atoms with Crippen LogP contribution in [-0.2, 0) is 10.2 Å². The van der Waals surface area contributed by atoms with Crippen LogP contribution < -0.4 is 0 Å². The maximum absolute atomic E-state index is 10.7. The molecule has 1 aromatic rings. The molecule has 0 spiro atoms. The number of aromatic nitrogens is 1. The van der Waals surface area contributed by atoms with Crippen molar-refractivity contribution < 1.29 is 19.4 Å². The standard InChI is InChI=1S/C10H15NO4/c1-5-6(2)15-9(11-5)10(3,4)7(12)8(13)14/h7,12H,1-4H3,(H,13,14). The number of aliphatic carboxylic acids is 1. The molecule has 84 valence electrons. The van der Waals surface area contributed by atoms with Crippen LogP contribution in [0.3, 0.4) is 0 Å². The van der Waals surface area contributed by atoms with E-state index in [2.05, 4.69) is 4.98 Å². The van der Waals surface area contributed by atoms with Crippen molar-refractivity contribution in [1.82, 2.24) is 4.98 Å². The Labute approximate surface area is 87.7 Å². The second-order valence-electron chi connectivity index (χ2n) is 4.12. The van der Waals surface area contributed by atoms with Crippen molar-refractivity contribution >= 4 is 5.97 Å². The molecule has 15 heavy (non-hydrogen) atoms. The number of carbonyl (C=O) groups is 1. The summed E-state index contributed by atoms with van der Waals surface area (Å²) in [4.78, 5) is 14.8. The van der Waals surface area contributed by atoms with Gasteiger partial charge in [-0.05, 0) is 27.7 Å². The molecule has 1 rings (SSSR count). The number of hydrogen-bond donors (Lipinski definition) is 2. The van der Waals surface area contributed by atoms with Crippen LogP contribution >= 0.6 is 0 Å². The molecule has 0 aliphatic rings. The van der Waals surface area contributed by atoms with E-state index in [1.54, 1.807) is 27.7 Å². The first-order valence-corrected chi connectivity index (χ1v) is 4.62. The summed E-state index contributed by atoms with van der Waals surface area (Å²) in [6.07, 6.45) is -1.53. The summed E-state index contributed by atoms with van der Waals surface area (Å²) in [5.74, 6) is -0.406. The van der Waals surface area contributed by atoms with Gasteiger partial charge in [-0.3, -0.25) is 0 Å². The fourth-order valence-electron chi connectivity index (χ4n) is 1.17. The molecule has 0 aromatic carbocycles. The molecule has 0 aliphatic heterocycles. The fraction of sp³-hybridized carbons (Fsp3) is 0.600. The SMILES string of the molecule is Cc1nc(C(C)(C)C(O)C(=O)O)oc1C. The number of rotatable bonds is 3. The number of hydrogen-bond acceptors (Lipinski definition) is 4. The quantitative estimate of drug-likeness (QED) is 0.783. The van der Waals surface area contributed by atoms with E-state index in [-0.39, 0.29) is 5.89 Å². The third-order valence-corrected chi connectivity index (χ3v) is 2.50. The first-order chi connectivity index (χ1) is 6.76. The zero-order chi connectivity index (χ0) is 11.8. The number of carboxylic acid groups (broad SMARTS) is 1. The number of aliphatic hydroxyl groups is 1. The molecule has 0 amide bonds. The summed E-state index contributed by atoms with van der Waals surface area (Å²) in [5.41, 5.74) is -0.333. The molecule has 0 aliphatic carbocycles. The zero-order valence-electron chi connectivity index (χ0n) is 9.24. The molecular formula is C10H15NO4. The molecule has 5 heteroatoms. The van der Waals surface area contributed by atoms with Crippen molar-refractivity contribution in [3.8, 4) is 0 Å². The fourth-order valence-corrected chi connectivity index (χ4v) is 1.17. The van der Waals surface area contributed by atoms with Gasteiger partial charge in [-0.25, -0.2) is 9.78 Å². The van der Waals surface area contributed by atoms with Gasteiger partial charge < -0.3 is 14.6 Å². The highest BCUT2D eigenvalue weighted by atomic mass is 16.4. The van der Waals surface area contributed by atoms with Gasteiger partial charge in [0.05, 0.1) is 11.1 Å². The van der Waals surface area contributed by atoms with Gasteiger partial charge in [-0.15, -0.1) is 0 Å². The molecular weight excluding hydrogens is 198 g/mol. The van der Waals surface area contributed by atoms with Crippen LogP contribution in [-0.4, -0.2) is 27.3 Å². The maximum Gasteiger partial charge on any atom is 0.333 e. The highest BCUT2D eigenvalue weighted by Gasteiger charge is 2.39. The van der Waals surface area contributed by atoms with Crippen LogP contribution in [0.1, 0.15) is 31.2 Å². The molecule has 1 unspecified atom stereocenters. The minimum Gasteiger partial charge on any atom is -0.479 e. The van der Waals surface area contributed by atoms with E-state index in [9.17, 15) is 9.90 Å². The molecule has 0 fully saturated rings. The Morgan fingerprint density at radius 2 is 2.00 bits per heavy atom. The predicted molar refractivity (Wildman–Crippen MR) is 52.6 cm³/mol. The van der Waals surface area contributed by atoms with E-state index in [1.165, 1.54) is 0 Å². The van der Waals surface area contributed by atoms with Crippen molar-refractivity contribution in [3.05, 3.63) is 17.3 Å². The van der Waals surface area contributed by atoms with Crippen molar-refractivity contribution in [2.24, 2.45) is 0 Å². The van der Waals surface area contributed by atoms with Crippen molar-refractivity contribution in [2.75, 3.05) is 0 Å². The van der Waals surface area contributed by atoms with E-state index in [0.717, 1.165) is 0 Å². The van der Waals surface area contributed by atoms with Gasteiger partial charge in [-0.2, -0.15) is 0 Å². The smallest absolute Gasteiger partial charge is 0.333 e. The van der Waals surface area contributed by atoms with E-state index in [4.69, 9.17) is 9.52 Å². The molecule has 0 saturated heterocycles. The highest BCUT2D eigenvalue weighted by molar-refractivity contribution is 5.74. The Morgan fingerprint density at radius 3 is 2.33 bits per heavy atom. The van der Waals surface area contributed by atoms with E-state index in [1.807, 2.05) is 0 Å². The van der Waals surface area contributed by atoms with Gasteiger partial charge in [0, 0.05) is 0 Å². The van der Waals surface area contributed by atoms with Crippen LogP contribution in [0.25, 0.3) is 0 Å². The van der Waals surface area contributed by atoms with E-state index >= 15 is 0 Å². The first-order valence-electron chi connectivity index (χ1n) is 4.62. The number of aryl methyl sites for hydroxylation is 2. The second-order valence-corrected chi connectivity index (χ2v) is 4.12. The Hall–Kier alpha value is -1.36. The lowest BCUT2D eigenvalue weighted by molar-refractivity contribution is -0.150. The summed E-state index contributed by atoms with van der Waals surface area (Å²) in [7, 11) is 0. The Kier molecular flexibility index (Phi) is 2.86. The van der Waals surface area contributed by atoms with E-state index in [0.29, 0.717) is 11.5 Å². The Morgan fingerprint density at radius 1 is 1.47 bits per heavy atom. The van der Waals surface area contributed by atoms with Crippen LogP contribution in [0.15, 0.2) is 4.42 Å². The van der Waals surface area contributed by atoms with Crippen LogP contribution in [0.4, 0.5) is 0 Å². The molecule has 2 N–H and O–H groups in total. The van der Waals surface area contributed by atoms with Crippen molar-refractivity contribution in [3.63, 3.8) is 0 Å². The third-order valence-electron chi connectivity index (χ3n) is 2.50. The molecule has 1 heterocycles. The number of carboxylic acids is 1. The second kappa shape index (κ2) is 3.66. The van der Waals surface area contributed by atoms with Crippen molar-refractivity contribution in [1.29, 1.82) is 0 Å². The van der Waals surface area contributed by atoms with Gasteiger partial charge in [-0.1, -0.05) is 0 Å². The largest absolute Gasteiger partial charge is 0.479 e. The number of aliphatic hydroxyl groups excluding tert-OH is 1. The van der Waals surface area contributed by atoms with Gasteiger partial charge in [0.15, 0.2) is 6.10 Å². The van der Waals surface area contributed by atoms with Gasteiger partial charge in [0.2, 0.25) is 5.89 Å². The number of oxazole rings is 1. The molecule has 0 saturated carbocycles. The Bertz CT molecular complexity index is 361. The number of nitrogens with zero attached hydrogens (tertiary/aromatic N) is 1. The topological polar surface area (TPSA) is 83.6 Å². The van der Waals surface area contributed by atoms with Crippen LogP contribution in [0.2, 0.25) is 0 Å².